The van der Waals surface area contributed by atoms with Crippen molar-refractivity contribution in [3.8, 4) is 5.88 Å². The number of ether oxygens (including phenoxy) is 1. The van der Waals surface area contributed by atoms with E-state index in [9.17, 15) is 19.1 Å². The fourth-order valence-electron chi connectivity index (χ4n) is 2.82. The van der Waals surface area contributed by atoms with Crippen molar-refractivity contribution >= 4 is 0 Å². The third-order valence-corrected chi connectivity index (χ3v) is 4.18. The molecule has 1 saturated heterocycles. The minimum Gasteiger partial charge on any atom is -0.492 e. The van der Waals surface area contributed by atoms with Crippen molar-refractivity contribution < 1.29 is 14.2 Å². The molecular formula is C13H19FN2O4. The molecule has 1 aliphatic rings. The highest BCUT2D eigenvalue weighted by Crippen LogP contribution is 2.37. The summed E-state index contributed by atoms with van der Waals surface area (Å²) >= 11 is 0. The van der Waals surface area contributed by atoms with E-state index in [1.165, 1.54) is 0 Å². The zero-order valence-electron chi connectivity index (χ0n) is 11.6. The summed E-state index contributed by atoms with van der Waals surface area (Å²) in [6, 6.07) is -0.387. The lowest BCUT2D eigenvalue weighted by atomic mass is 9.86. The first-order chi connectivity index (χ1) is 9.44. The van der Waals surface area contributed by atoms with Crippen LogP contribution in [-0.2, 0) is 4.74 Å². The molecule has 2 heterocycles. The van der Waals surface area contributed by atoms with E-state index in [2.05, 4.69) is 0 Å². The molecule has 1 aromatic heterocycles. The van der Waals surface area contributed by atoms with E-state index in [1.807, 2.05) is 18.8 Å². The van der Waals surface area contributed by atoms with Crippen LogP contribution in [0, 0.1) is 5.82 Å². The molecule has 2 N–H and O–H groups in total. The number of H-pyrrole nitrogens is 1. The second-order valence-corrected chi connectivity index (χ2v) is 5.15. The molecule has 0 saturated carbocycles. The van der Waals surface area contributed by atoms with Crippen LogP contribution >= 0.6 is 0 Å². The van der Waals surface area contributed by atoms with Gasteiger partial charge in [0, 0.05) is 12.6 Å². The van der Waals surface area contributed by atoms with Crippen LogP contribution in [0.5, 0.6) is 5.88 Å². The number of hydrogen-bond acceptors (Lipinski definition) is 4. The molecule has 2 rings (SSSR count). The van der Waals surface area contributed by atoms with Gasteiger partial charge in [0.05, 0.1) is 5.60 Å². The first-order valence-corrected chi connectivity index (χ1v) is 6.81. The van der Waals surface area contributed by atoms with Crippen molar-refractivity contribution in [3.05, 3.63) is 26.7 Å². The molecule has 6 nitrogen and oxygen atoms in total. The number of nitrogens with zero attached hydrogens (tertiary/aromatic N) is 1. The summed E-state index contributed by atoms with van der Waals surface area (Å²) in [4.78, 5) is 24.8. The molecule has 1 fully saturated rings. The molecule has 0 radical (unpaired) electrons. The van der Waals surface area contributed by atoms with Crippen LogP contribution in [0.25, 0.3) is 0 Å². The molecule has 20 heavy (non-hydrogen) atoms. The molecule has 7 heteroatoms. The Bertz CT molecular complexity index is 603. The van der Waals surface area contributed by atoms with E-state index in [-0.39, 0.29) is 11.6 Å². The standard InChI is InChI=1S/C13H19FN2O4/c1-3-13(4-2)7-8(5-6-20-13)16-11(18)9(14)10(17)15-12(16)19/h8,18H,3-7H2,1-2H3,(H,15,17,19). The molecule has 1 unspecified atom stereocenters. The van der Waals surface area contributed by atoms with E-state index in [4.69, 9.17) is 4.74 Å². The zero-order valence-corrected chi connectivity index (χ0v) is 11.6. The van der Waals surface area contributed by atoms with Crippen LogP contribution in [0.2, 0.25) is 0 Å². The number of halogens is 1. The van der Waals surface area contributed by atoms with Crippen molar-refractivity contribution in [2.24, 2.45) is 0 Å². The van der Waals surface area contributed by atoms with E-state index in [0.717, 1.165) is 17.4 Å². The number of aromatic nitrogens is 2. The molecule has 0 bridgehead atoms. The second-order valence-electron chi connectivity index (χ2n) is 5.15. The Hall–Kier alpha value is -1.63. The summed E-state index contributed by atoms with van der Waals surface area (Å²) < 4.78 is 20.2. The Morgan fingerprint density at radius 1 is 1.45 bits per heavy atom. The van der Waals surface area contributed by atoms with Gasteiger partial charge in [-0.15, -0.1) is 0 Å². The van der Waals surface area contributed by atoms with Crippen LogP contribution in [0.3, 0.4) is 0 Å². The minimum absolute atomic E-state index is 0.374. The number of hydrogen-bond donors (Lipinski definition) is 2. The first kappa shape index (κ1) is 14.8. The molecule has 0 amide bonds. The minimum atomic E-state index is -1.32. The Morgan fingerprint density at radius 2 is 2.10 bits per heavy atom. The molecule has 1 aliphatic heterocycles. The summed E-state index contributed by atoms with van der Waals surface area (Å²) in [6.45, 7) is 4.41. The van der Waals surface area contributed by atoms with Gasteiger partial charge in [-0.25, -0.2) is 4.79 Å². The van der Waals surface area contributed by atoms with Crippen LogP contribution in [0.4, 0.5) is 4.39 Å². The summed E-state index contributed by atoms with van der Waals surface area (Å²) in [7, 11) is 0. The SMILES string of the molecule is CCC1(CC)CC(n2c(O)c(F)c(=O)[nH]c2=O)CCO1. The fourth-order valence-corrected chi connectivity index (χ4v) is 2.82. The van der Waals surface area contributed by atoms with Crippen LogP contribution in [-0.4, -0.2) is 26.9 Å². The van der Waals surface area contributed by atoms with Gasteiger partial charge in [0.2, 0.25) is 11.7 Å². The van der Waals surface area contributed by atoms with Crippen LogP contribution in [0.1, 0.15) is 45.6 Å². The lowest BCUT2D eigenvalue weighted by molar-refractivity contribution is -0.0999. The molecule has 1 atom stereocenters. The normalized spacial score (nSPS) is 21.9. The van der Waals surface area contributed by atoms with Gasteiger partial charge >= 0.3 is 5.69 Å². The highest BCUT2D eigenvalue weighted by Gasteiger charge is 2.36. The Morgan fingerprint density at radius 3 is 2.70 bits per heavy atom. The third-order valence-electron chi connectivity index (χ3n) is 4.18. The van der Waals surface area contributed by atoms with Crippen molar-refractivity contribution in [2.45, 2.75) is 51.2 Å². The van der Waals surface area contributed by atoms with Crippen molar-refractivity contribution in [1.82, 2.24) is 9.55 Å². The molecule has 0 aliphatic carbocycles. The zero-order chi connectivity index (χ0) is 14.9. The summed E-state index contributed by atoms with van der Waals surface area (Å²) in [5.41, 5.74) is -2.36. The summed E-state index contributed by atoms with van der Waals surface area (Å²) in [5, 5.41) is 9.75. The van der Waals surface area contributed by atoms with Gasteiger partial charge in [-0.3, -0.25) is 14.3 Å². The van der Waals surface area contributed by atoms with Crippen molar-refractivity contribution in [3.63, 3.8) is 0 Å². The maximum atomic E-state index is 13.5. The number of nitrogens with one attached hydrogen (secondary N) is 1. The highest BCUT2D eigenvalue weighted by molar-refractivity contribution is 5.11. The van der Waals surface area contributed by atoms with E-state index < -0.39 is 22.9 Å². The second kappa shape index (κ2) is 5.40. The smallest absolute Gasteiger partial charge is 0.331 e. The summed E-state index contributed by atoms with van der Waals surface area (Å²) in [5.74, 6) is -2.22. The van der Waals surface area contributed by atoms with Crippen LogP contribution in [0.15, 0.2) is 9.59 Å². The Labute approximate surface area is 115 Å². The molecule has 1 aromatic rings. The predicted octanol–water partition coefficient (Wildman–Crippen LogP) is 1.29. The fraction of sp³-hybridized carbons (Fsp3) is 0.692. The maximum Gasteiger partial charge on any atom is 0.331 e. The van der Waals surface area contributed by atoms with Crippen molar-refractivity contribution in [2.75, 3.05) is 6.61 Å². The average Bonchev–Trinajstić information content (AvgIpc) is 2.45. The first-order valence-electron chi connectivity index (χ1n) is 6.81. The number of rotatable bonds is 3. The monoisotopic (exact) mass is 286 g/mol. The third kappa shape index (κ3) is 2.37. The van der Waals surface area contributed by atoms with Gasteiger partial charge in [0.1, 0.15) is 0 Å². The van der Waals surface area contributed by atoms with Gasteiger partial charge < -0.3 is 9.84 Å². The lowest BCUT2D eigenvalue weighted by Gasteiger charge is -2.40. The highest BCUT2D eigenvalue weighted by atomic mass is 19.1. The molecule has 0 spiro atoms. The van der Waals surface area contributed by atoms with E-state index in [1.54, 1.807) is 0 Å². The predicted molar refractivity (Wildman–Crippen MR) is 70.5 cm³/mol. The Kier molecular flexibility index (Phi) is 3.99. The van der Waals surface area contributed by atoms with Gasteiger partial charge in [0.25, 0.3) is 5.56 Å². The van der Waals surface area contributed by atoms with Gasteiger partial charge in [-0.1, -0.05) is 13.8 Å². The molecule has 0 aromatic carbocycles. The molecular weight excluding hydrogens is 267 g/mol. The maximum absolute atomic E-state index is 13.5. The molecule has 112 valence electrons. The topological polar surface area (TPSA) is 84.3 Å². The van der Waals surface area contributed by atoms with E-state index in [0.29, 0.717) is 19.4 Å². The van der Waals surface area contributed by atoms with Gasteiger partial charge in [-0.2, -0.15) is 4.39 Å². The van der Waals surface area contributed by atoms with Gasteiger partial charge in [0.15, 0.2) is 0 Å². The van der Waals surface area contributed by atoms with Crippen LogP contribution < -0.4 is 11.2 Å². The average molecular weight is 286 g/mol. The lowest BCUT2D eigenvalue weighted by Crippen LogP contribution is -2.43. The Balaban J connectivity index is 2.45. The summed E-state index contributed by atoms with van der Waals surface area (Å²) in [6.07, 6.45) is 2.52. The largest absolute Gasteiger partial charge is 0.492 e. The van der Waals surface area contributed by atoms with E-state index >= 15 is 0 Å². The number of aromatic hydroxyl groups is 1. The van der Waals surface area contributed by atoms with Gasteiger partial charge in [-0.05, 0) is 25.7 Å². The van der Waals surface area contributed by atoms with Crippen molar-refractivity contribution in [1.29, 1.82) is 0 Å². The quantitative estimate of drug-likeness (QED) is 0.877. The number of aromatic amines is 1.